The number of piperidine rings is 1. The fourth-order valence-electron chi connectivity index (χ4n) is 6.99. The number of likely N-dealkylation sites (tertiary alicyclic amines) is 2. The molecular weight excluding hydrogens is 641 g/mol. The number of carbonyl (C=O) groups excluding carboxylic acids is 2. The Morgan fingerprint density at radius 3 is 2.02 bits per heavy atom. The number of fused-ring (bicyclic) bond motifs is 3. The number of benzene rings is 2. The fourth-order valence-corrected chi connectivity index (χ4v) is 9.49. The van der Waals surface area contributed by atoms with Crippen molar-refractivity contribution < 1.29 is 48.7 Å². The van der Waals surface area contributed by atoms with Crippen LogP contribution in [0.25, 0.3) is 0 Å². The van der Waals surface area contributed by atoms with E-state index in [0.29, 0.717) is 38.1 Å². The van der Waals surface area contributed by atoms with Crippen LogP contribution in [0.2, 0.25) is 5.02 Å². The molecule has 0 N–H and O–H groups in total. The number of hydrogen-bond donors (Lipinski definition) is 0. The third-order valence-corrected chi connectivity index (χ3v) is 12.0. The van der Waals surface area contributed by atoms with Gasteiger partial charge in [0, 0.05) is 43.1 Å². The zero-order chi connectivity index (χ0) is 32.5. The van der Waals surface area contributed by atoms with E-state index >= 15 is 4.39 Å². The molecule has 0 radical (unpaired) electrons. The third-order valence-electron chi connectivity index (χ3n) is 9.24. The summed E-state index contributed by atoms with van der Waals surface area (Å²) in [6.07, 6.45) is -12.4. The van der Waals surface area contributed by atoms with Crippen molar-refractivity contribution in [3.05, 3.63) is 64.2 Å². The second-order valence-electron chi connectivity index (χ2n) is 11.5. The molecule has 5 rings (SSSR count). The number of amides is 2. The van der Waals surface area contributed by atoms with Gasteiger partial charge in [-0.25, -0.2) is 12.8 Å². The molecule has 6 nitrogen and oxygen atoms in total. The van der Waals surface area contributed by atoms with Crippen LogP contribution in [0.4, 0.5) is 30.7 Å². The van der Waals surface area contributed by atoms with Crippen molar-refractivity contribution in [2.45, 2.75) is 72.7 Å². The topological polar surface area (TPSA) is 74.8 Å². The number of carbonyl (C=O) groups is 2. The Balaban J connectivity index is 1.62. The average Bonchev–Trinajstić information content (AvgIpc) is 3.37. The van der Waals surface area contributed by atoms with E-state index in [4.69, 9.17) is 11.6 Å². The molecule has 2 fully saturated rings. The normalized spacial score (nSPS) is 23.3. The lowest BCUT2D eigenvalue weighted by Gasteiger charge is -2.44. The summed E-state index contributed by atoms with van der Waals surface area (Å²) >= 11 is 5.96. The Kier molecular flexibility index (Phi) is 8.05. The Bertz CT molecular complexity index is 1560. The maximum absolute atomic E-state index is 15.0. The van der Waals surface area contributed by atoms with Gasteiger partial charge in [-0.1, -0.05) is 29.8 Å². The lowest BCUT2D eigenvalue weighted by Crippen LogP contribution is -2.54. The first-order valence-electron chi connectivity index (χ1n) is 13.9. The van der Waals surface area contributed by atoms with Crippen LogP contribution in [-0.2, 0) is 36.3 Å². The number of sulfone groups is 1. The molecule has 240 valence electrons. The molecule has 1 aliphatic carbocycles. The van der Waals surface area contributed by atoms with Gasteiger partial charge in [-0.2, -0.15) is 26.3 Å². The van der Waals surface area contributed by atoms with Crippen LogP contribution in [-0.4, -0.2) is 68.1 Å². The third kappa shape index (κ3) is 4.87. The summed E-state index contributed by atoms with van der Waals surface area (Å²) in [4.78, 5) is 28.4. The first-order valence-corrected chi connectivity index (χ1v) is 15.7. The van der Waals surface area contributed by atoms with Crippen LogP contribution in [0.3, 0.4) is 0 Å². The molecule has 0 bridgehead atoms. The highest BCUT2D eigenvalue weighted by molar-refractivity contribution is 7.92. The van der Waals surface area contributed by atoms with Gasteiger partial charge in [0.2, 0.25) is 11.8 Å². The number of aryl methyl sites for hydroxylation is 1. The van der Waals surface area contributed by atoms with Gasteiger partial charge in [-0.15, -0.1) is 0 Å². The van der Waals surface area contributed by atoms with Crippen LogP contribution in [0.1, 0.15) is 49.3 Å². The second kappa shape index (κ2) is 10.9. The van der Waals surface area contributed by atoms with Gasteiger partial charge in [0.05, 0.1) is 10.9 Å². The molecule has 2 heterocycles. The van der Waals surface area contributed by atoms with Gasteiger partial charge >= 0.3 is 18.0 Å². The van der Waals surface area contributed by atoms with E-state index in [-0.39, 0.29) is 58.7 Å². The van der Waals surface area contributed by atoms with E-state index < -0.39 is 50.1 Å². The average molecular weight is 669 g/mol. The Hall–Kier alpha value is -2.87. The zero-order valence-corrected chi connectivity index (χ0v) is 24.9. The van der Waals surface area contributed by atoms with Gasteiger partial charge in [0.1, 0.15) is 4.75 Å². The van der Waals surface area contributed by atoms with E-state index in [9.17, 15) is 44.3 Å². The van der Waals surface area contributed by atoms with Crippen molar-refractivity contribution in [2.24, 2.45) is 5.92 Å². The maximum atomic E-state index is 15.0. The molecule has 2 aromatic carbocycles. The summed E-state index contributed by atoms with van der Waals surface area (Å²) in [5, 5.41) is 0.227. The standard InChI is InChI=1S/C29H28ClF7N2O4S/c1-17(40)38-13-10-18(11-14-38)25(41)39-15-12-26(44(42,43)22-6-4-21(30)5-7-22)23-8-3-20(16-19(23)2-9-24(26)39)27(31,28(32,33)34)29(35,36)37/h3-8,16,18,24H,2,9-15H2,1H3. The number of nitrogens with zero attached hydrogens (tertiary/aromatic N) is 2. The van der Waals surface area contributed by atoms with Crippen LogP contribution < -0.4 is 0 Å². The molecule has 2 amide bonds. The molecule has 2 unspecified atom stereocenters. The molecule has 2 aromatic rings. The van der Waals surface area contributed by atoms with Gasteiger partial charge in [-0.05, 0) is 67.5 Å². The van der Waals surface area contributed by atoms with Crippen LogP contribution in [0.15, 0.2) is 47.4 Å². The highest BCUT2D eigenvalue weighted by Crippen LogP contribution is 2.57. The zero-order valence-electron chi connectivity index (χ0n) is 23.3. The molecule has 3 aliphatic rings. The second-order valence-corrected chi connectivity index (χ2v) is 14.1. The predicted molar refractivity (Wildman–Crippen MR) is 145 cm³/mol. The number of hydrogen-bond acceptors (Lipinski definition) is 4. The van der Waals surface area contributed by atoms with Crippen LogP contribution in [0, 0.1) is 5.92 Å². The molecule has 44 heavy (non-hydrogen) atoms. The molecule has 0 spiro atoms. The van der Waals surface area contributed by atoms with Crippen molar-refractivity contribution in [3.8, 4) is 0 Å². The quantitative estimate of drug-likeness (QED) is 0.369. The van der Waals surface area contributed by atoms with Crippen molar-refractivity contribution in [3.63, 3.8) is 0 Å². The molecule has 2 aliphatic heterocycles. The summed E-state index contributed by atoms with van der Waals surface area (Å²) < 4.78 is 123. The summed E-state index contributed by atoms with van der Waals surface area (Å²) in [5.41, 5.74) is -7.62. The lowest BCUT2D eigenvalue weighted by atomic mass is 9.76. The monoisotopic (exact) mass is 668 g/mol. The van der Waals surface area contributed by atoms with E-state index in [2.05, 4.69) is 0 Å². The molecular formula is C29H28ClF7N2O4S. The minimum atomic E-state index is -6.34. The van der Waals surface area contributed by atoms with Crippen molar-refractivity contribution >= 4 is 33.3 Å². The number of rotatable bonds is 4. The summed E-state index contributed by atoms with van der Waals surface area (Å²) in [7, 11) is -4.46. The Labute approximate surface area is 254 Å². The highest BCUT2D eigenvalue weighted by atomic mass is 35.5. The SMILES string of the molecule is CC(=O)N1CCC(C(=O)N2CCC3(S(=O)(=O)c4ccc(Cl)cc4)c4ccc(C(F)(C(F)(F)F)C(F)(F)F)cc4CCC23)CC1. The first kappa shape index (κ1) is 32.5. The van der Waals surface area contributed by atoms with Gasteiger partial charge in [0.15, 0.2) is 9.84 Å². The van der Waals surface area contributed by atoms with Crippen molar-refractivity contribution in [2.75, 3.05) is 19.6 Å². The molecule has 0 saturated carbocycles. The molecule has 2 saturated heterocycles. The van der Waals surface area contributed by atoms with Crippen molar-refractivity contribution in [1.29, 1.82) is 0 Å². The minimum absolute atomic E-state index is 0.0391. The molecule has 15 heteroatoms. The molecule has 2 atom stereocenters. The van der Waals surface area contributed by atoms with E-state index in [1.165, 1.54) is 36.1 Å². The predicted octanol–water partition coefficient (Wildman–Crippen LogP) is 6.10. The number of halogens is 8. The smallest absolute Gasteiger partial charge is 0.343 e. The Morgan fingerprint density at radius 2 is 1.48 bits per heavy atom. The van der Waals surface area contributed by atoms with E-state index in [1.54, 1.807) is 4.90 Å². The van der Waals surface area contributed by atoms with Gasteiger partial charge < -0.3 is 9.80 Å². The van der Waals surface area contributed by atoms with Crippen LogP contribution in [0.5, 0.6) is 0 Å². The largest absolute Gasteiger partial charge is 0.435 e. The lowest BCUT2D eigenvalue weighted by molar-refractivity contribution is -0.348. The Morgan fingerprint density at radius 1 is 0.886 bits per heavy atom. The first-order chi connectivity index (χ1) is 20.4. The van der Waals surface area contributed by atoms with Gasteiger partial charge in [-0.3, -0.25) is 9.59 Å². The molecule has 0 aromatic heterocycles. The minimum Gasteiger partial charge on any atom is -0.343 e. The summed E-state index contributed by atoms with van der Waals surface area (Å²) in [6.45, 7) is 2.06. The van der Waals surface area contributed by atoms with E-state index in [0.717, 1.165) is 6.07 Å². The van der Waals surface area contributed by atoms with Crippen molar-refractivity contribution in [1.82, 2.24) is 9.80 Å². The number of alkyl halides is 7. The summed E-state index contributed by atoms with van der Waals surface area (Å²) in [6, 6.07) is 5.77. The fraction of sp³-hybridized carbons (Fsp3) is 0.517. The maximum Gasteiger partial charge on any atom is 0.435 e. The highest BCUT2D eigenvalue weighted by Gasteiger charge is 2.74. The van der Waals surface area contributed by atoms with E-state index in [1.807, 2.05) is 0 Å². The van der Waals surface area contributed by atoms with Gasteiger partial charge in [0.25, 0.3) is 0 Å². The summed E-state index contributed by atoms with van der Waals surface area (Å²) in [5.74, 6) is -0.973. The van der Waals surface area contributed by atoms with Crippen LogP contribution >= 0.6 is 11.6 Å².